The van der Waals surface area contributed by atoms with Gasteiger partial charge in [-0.05, 0) is 43.2 Å². The molecule has 1 aliphatic rings. The first-order chi connectivity index (χ1) is 10.1. The maximum atomic E-state index is 12.3. The Morgan fingerprint density at radius 1 is 1.33 bits per heavy atom. The summed E-state index contributed by atoms with van der Waals surface area (Å²) in [4.78, 5) is 13.9. The Balaban J connectivity index is 1.93. The molecule has 4 heteroatoms. The van der Waals surface area contributed by atoms with E-state index < -0.39 is 0 Å². The van der Waals surface area contributed by atoms with Crippen LogP contribution >= 0.6 is 11.3 Å². The fourth-order valence-corrected chi connectivity index (χ4v) is 3.84. The maximum absolute atomic E-state index is 12.3. The molecular weight excluding hydrogens is 282 g/mol. The number of hydrogen-bond donors (Lipinski definition) is 2. The zero-order valence-corrected chi connectivity index (χ0v) is 13.5. The Morgan fingerprint density at radius 2 is 2.05 bits per heavy atom. The quantitative estimate of drug-likeness (QED) is 0.843. The van der Waals surface area contributed by atoms with E-state index in [9.17, 15) is 4.79 Å². The van der Waals surface area contributed by atoms with Crippen molar-refractivity contribution in [3.8, 4) is 11.8 Å². The number of rotatable bonds is 3. The van der Waals surface area contributed by atoms with E-state index in [1.807, 2.05) is 12.1 Å². The third-order valence-corrected chi connectivity index (χ3v) is 4.79. The van der Waals surface area contributed by atoms with E-state index in [-0.39, 0.29) is 12.5 Å². The molecule has 1 aromatic rings. The molecule has 2 atom stereocenters. The average Bonchev–Trinajstić information content (AvgIpc) is 2.86. The second-order valence-corrected chi connectivity index (χ2v) is 7.11. The zero-order valence-electron chi connectivity index (χ0n) is 12.7. The summed E-state index contributed by atoms with van der Waals surface area (Å²) >= 11 is 1.41. The molecule has 3 nitrogen and oxygen atoms in total. The van der Waals surface area contributed by atoms with Gasteiger partial charge >= 0.3 is 0 Å². The van der Waals surface area contributed by atoms with Gasteiger partial charge in [0, 0.05) is 12.5 Å². The van der Waals surface area contributed by atoms with E-state index in [1.165, 1.54) is 17.8 Å². The predicted molar refractivity (Wildman–Crippen MR) is 86.3 cm³/mol. The molecule has 0 aliphatic heterocycles. The van der Waals surface area contributed by atoms with Crippen molar-refractivity contribution in [1.29, 1.82) is 0 Å². The summed E-state index contributed by atoms with van der Waals surface area (Å²) in [5.74, 6) is 7.22. The van der Waals surface area contributed by atoms with E-state index in [0.29, 0.717) is 29.2 Å². The highest BCUT2D eigenvalue weighted by molar-refractivity contribution is 7.14. The summed E-state index contributed by atoms with van der Waals surface area (Å²) in [6.45, 7) is 4.59. The standard InChI is InChI=1S/C17H23NO2S/c1-12-9-13(2)11-14(10-12)18-17(20)16-7-6-15(21-16)5-3-4-8-19/h6-7,12-14,19H,4,8-11H2,1-2H3,(H,18,20). The number of thiophene rings is 1. The molecule has 1 saturated carbocycles. The lowest BCUT2D eigenvalue weighted by molar-refractivity contribution is 0.0915. The van der Waals surface area contributed by atoms with Gasteiger partial charge in [0.15, 0.2) is 0 Å². The number of aliphatic hydroxyl groups excluding tert-OH is 1. The highest BCUT2D eigenvalue weighted by Gasteiger charge is 2.25. The Bertz CT molecular complexity index is 530. The van der Waals surface area contributed by atoms with Crippen molar-refractivity contribution in [1.82, 2.24) is 5.32 Å². The molecule has 1 fully saturated rings. The average molecular weight is 305 g/mol. The topological polar surface area (TPSA) is 49.3 Å². The fourth-order valence-electron chi connectivity index (χ4n) is 3.05. The van der Waals surface area contributed by atoms with E-state index in [0.717, 1.165) is 17.7 Å². The fraction of sp³-hybridized carbons (Fsp3) is 0.588. The van der Waals surface area contributed by atoms with Crippen LogP contribution in [0.2, 0.25) is 0 Å². The molecular formula is C17H23NO2S. The van der Waals surface area contributed by atoms with Crippen molar-refractivity contribution in [2.45, 2.75) is 45.6 Å². The van der Waals surface area contributed by atoms with Gasteiger partial charge in [-0.1, -0.05) is 25.7 Å². The summed E-state index contributed by atoms with van der Waals surface area (Å²) < 4.78 is 0. The zero-order chi connectivity index (χ0) is 15.2. The maximum Gasteiger partial charge on any atom is 0.261 e. The van der Waals surface area contributed by atoms with E-state index >= 15 is 0 Å². The third kappa shape index (κ3) is 4.87. The van der Waals surface area contributed by atoms with Gasteiger partial charge in [-0.2, -0.15) is 0 Å². The SMILES string of the molecule is CC1CC(C)CC(NC(=O)c2ccc(C#CCCO)s2)C1. The minimum absolute atomic E-state index is 0.0153. The lowest BCUT2D eigenvalue weighted by atomic mass is 9.80. The number of aliphatic hydroxyl groups is 1. The molecule has 0 bridgehead atoms. The first-order valence-electron chi connectivity index (χ1n) is 7.59. The lowest BCUT2D eigenvalue weighted by Gasteiger charge is -2.31. The normalized spacial score (nSPS) is 25.0. The minimum Gasteiger partial charge on any atom is -0.395 e. The summed E-state index contributed by atoms with van der Waals surface area (Å²) in [6.07, 6.45) is 3.88. The van der Waals surface area contributed by atoms with Gasteiger partial charge in [0.25, 0.3) is 5.91 Å². The number of carbonyl (C=O) groups excluding carboxylic acids is 1. The summed E-state index contributed by atoms with van der Waals surface area (Å²) in [5.41, 5.74) is 0. The second kappa shape index (κ2) is 7.63. The summed E-state index contributed by atoms with van der Waals surface area (Å²) in [7, 11) is 0. The molecule has 0 spiro atoms. The van der Waals surface area contributed by atoms with Crippen LogP contribution in [0.15, 0.2) is 12.1 Å². The number of carbonyl (C=O) groups is 1. The molecule has 114 valence electrons. The lowest BCUT2D eigenvalue weighted by Crippen LogP contribution is -2.39. The summed E-state index contributed by atoms with van der Waals surface area (Å²) in [6, 6.07) is 4.00. The summed E-state index contributed by atoms with van der Waals surface area (Å²) in [5, 5.41) is 11.9. The van der Waals surface area contributed by atoms with Crippen LogP contribution in [0.1, 0.15) is 54.1 Å². The monoisotopic (exact) mass is 305 g/mol. The van der Waals surface area contributed by atoms with Crippen molar-refractivity contribution in [3.63, 3.8) is 0 Å². The Labute approximate surface area is 130 Å². The van der Waals surface area contributed by atoms with Crippen LogP contribution in [0.5, 0.6) is 0 Å². The Hall–Kier alpha value is -1.31. The molecule has 1 aromatic heterocycles. The van der Waals surface area contributed by atoms with Crippen molar-refractivity contribution in [3.05, 3.63) is 21.9 Å². The molecule has 2 N–H and O–H groups in total. The first kappa shape index (κ1) is 16.1. The largest absolute Gasteiger partial charge is 0.395 e. The van der Waals surface area contributed by atoms with Gasteiger partial charge in [0.05, 0.1) is 16.4 Å². The van der Waals surface area contributed by atoms with Crippen molar-refractivity contribution in [2.24, 2.45) is 11.8 Å². The molecule has 0 saturated heterocycles. The van der Waals surface area contributed by atoms with Gasteiger partial charge in [0.1, 0.15) is 0 Å². The molecule has 1 heterocycles. The van der Waals surface area contributed by atoms with E-state index in [2.05, 4.69) is 31.0 Å². The minimum atomic E-state index is 0.0153. The molecule has 1 amide bonds. The van der Waals surface area contributed by atoms with Crippen LogP contribution in [0.4, 0.5) is 0 Å². The number of hydrogen-bond acceptors (Lipinski definition) is 3. The molecule has 2 rings (SSSR count). The van der Waals surface area contributed by atoms with Gasteiger partial charge in [-0.15, -0.1) is 11.3 Å². The number of nitrogens with one attached hydrogen (secondary N) is 1. The van der Waals surface area contributed by atoms with Crippen molar-refractivity contribution >= 4 is 17.2 Å². The van der Waals surface area contributed by atoms with Crippen molar-refractivity contribution in [2.75, 3.05) is 6.61 Å². The Kier molecular flexibility index (Phi) is 5.84. The van der Waals surface area contributed by atoms with Gasteiger partial charge in [-0.3, -0.25) is 4.79 Å². The van der Waals surface area contributed by atoms with Crippen LogP contribution in [0.25, 0.3) is 0 Å². The van der Waals surface area contributed by atoms with Crippen LogP contribution in [-0.2, 0) is 0 Å². The highest BCUT2D eigenvalue weighted by atomic mass is 32.1. The van der Waals surface area contributed by atoms with Gasteiger partial charge < -0.3 is 10.4 Å². The van der Waals surface area contributed by atoms with Crippen LogP contribution in [0.3, 0.4) is 0 Å². The second-order valence-electron chi connectivity index (χ2n) is 6.03. The molecule has 2 unspecified atom stereocenters. The van der Waals surface area contributed by atoms with Gasteiger partial charge in [-0.25, -0.2) is 0 Å². The van der Waals surface area contributed by atoms with E-state index in [4.69, 9.17) is 5.11 Å². The molecule has 21 heavy (non-hydrogen) atoms. The van der Waals surface area contributed by atoms with Crippen LogP contribution < -0.4 is 5.32 Å². The highest BCUT2D eigenvalue weighted by Crippen LogP contribution is 2.29. The Morgan fingerprint density at radius 3 is 2.71 bits per heavy atom. The molecule has 0 radical (unpaired) electrons. The van der Waals surface area contributed by atoms with Gasteiger partial charge in [0.2, 0.25) is 0 Å². The smallest absolute Gasteiger partial charge is 0.261 e. The predicted octanol–water partition coefficient (Wildman–Crippen LogP) is 3.04. The van der Waals surface area contributed by atoms with E-state index in [1.54, 1.807) is 0 Å². The van der Waals surface area contributed by atoms with Crippen LogP contribution in [0, 0.1) is 23.7 Å². The molecule has 0 aromatic carbocycles. The third-order valence-electron chi connectivity index (χ3n) is 3.79. The first-order valence-corrected chi connectivity index (χ1v) is 8.40. The van der Waals surface area contributed by atoms with Crippen molar-refractivity contribution < 1.29 is 9.90 Å². The van der Waals surface area contributed by atoms with Crippen LogP contribution in [-0.4, -0.2) is 23.7 Å². The number of amides is 1. The molecule has 1 aliphatic carbocycles.